The van der Waals surface area contributed by atoms with E-state index in [1.165, 1.54) is 9.80 Å². The zero-order valence-corrected chi connectivity index (χ0v) is 13.7. The monoisotopic (exact) mass is 334 g/mol. The highest BCUT2D eigenvalue weighted by Gasteiger charge is 2.32. The molecule has 8 heteroatoms. The standard InChI is InChI=1S/C16H22N4O4/c1-2-19-8-9-20(16(23)15(19)22)11-14(21)18-12-3-5-13(6-4-12)24-10-7-17/h3-6H,2,7-11,17H2,1H3,(H,18,21). The molecule has 0 radical (unpaired) electrons. The average Bonchev–Trinajstić information content (AvgIpc) is 2.58. The Balaban J connectivity index is 1.87. The van der Waals surface area contributed by atoms with E-state index >= 15 is 0 Å². The van der Waals surface area contributed by atoms with E-state index in [-0.39, 0.29) is 12.5 Å². The quantitative estimate of drug-likeness (QED) is 0.663. The molecule has 0 unspecified atom stereocenters. The van der Waals surface area contributed by atoms with Crippen molar-refractivity contribution in [3.63, 3.8) is 0 Å². The molecule has 3 N–H and O–H groups in total. The fourth-order valence-electron chi connectivity index (χ4n) is 2.35. The van der Waals surface area contributed by atoms with Crippen LogP contribution in [0.15, 0.2) is 24.3 Å². The number of carbonyl (C=O) groups is 3. The van der Waals surface area contributed by atoms with E-state index in [9.17, 15) is 14.4 Å². The molecule has 2 rings (SSSR count). The van der Waals surface area contributed by atoms with Crippen molar-refractivity contribution in [2.75, 3.05) is 44.6 Å². The van der Waals surface area contributed by atoms with Crippen molar-refractivity contribution < 1.29 is 19.1 Å². The molecule has 1 fully saturated rings. The van der Waals surface area contributed by atoms with E-state index < -0.39 is 11.8 Å². The third-order valence-electron chi connectivity index (χ3n) is 3.64. The molecule has 24 heavy (non-hydrogen) atoms. The second kappa shape index (κ2) is 8.30. The molecule has 1 aromatic rings. The molecule has 1 saturated heterocycles. The van der Waals surface area contributed by atoms with Crippen LogP contribution in [0.3, 0.4) is 0 Å². The van der Waals surface area contributed by atoms with E-state index in [1.54, 1.807) is 24.3 Å². The third kappa shape index (κ3) is 4.45. The molecular weight excluding hydrogens is 312 g/mol. The minimum absolute atomic E-state index is 0.145. The summed E-state index contributed by atoms with van der Waals surface area (Å²) in [6.45, 7) is 3.81. The van der Waals surface area contributed by atoms with Gasteiger partial charge >= 0.3 is 11.8 Å². The van der Waals surface area contributed by atoms with Crippen LogP contribution in [0.2, 0.25) is 0 Å². The zero-order valence-electron chi connectivity index (χ0n) is 13.7. The number of ether oxygens (including phenoxy) is 1. The number of hydrogen-bond donors (Lipinski definition) is 2. The molecule has 0 aromatic heterocycles. The molecule has 1 heterocycles. The van der Waals surface area contributed by atoms with Crippen LogP contribution < -0.4 is 15.8 Å². The smallest absolute Gasteiger partial charge is 0.312 e. The molecule has 1 aromatic carbocycles. The Morgan fingerprint density at radius 3 is 2.42 bits per heavy atom. The number of amides is 3. The summed E-state index contributed by atoms with van der Waals surface area (Å²) in [6, 6.07) is 6.84. The second-order valence-electron chi connectivity index (χ2n) is 5.32. The van der Waals surface area contributed by atoms with Crippen LogP contribution in [-0.4, -0.2) is 66.9 Å². The first-order valence-electron chi connectivity index (χ1n) is 7.86. The zero-order chi connectivity index (χ0) is 17.5. The van der Waals surface area contributed by atoms with Gasteiger partial charge in [0, 0.05) is 31.9 Å². The summed E-state index contributed by atoms with van der Waals surface area (Å²) >= 11 is 0. The normalized spacial score (nSPS) is 14.8. The fraction of sp³-hybridized carbons (Fsp3) is 0.438. The second-order valence-corrected chi connectivity index (χ2v) is 5.32. The third-order valence-corrected chi connectivity index (χ3v) is 3.64. The van der Waals surface area contributed by atoms with Crippen LogP contribution in [0.25, 0.3) is 0 Å². The van der Waals surface area contributed by atoms with Crippen LogP contribution in [0.4, 0.5) is 5.69 Å². The maximum atomic E-state index is 12.1. The van der Waals surface area contributed by atoms with Gasteiger partial charge in [-0.15, -0.1) is 0 Å². The summed E-state index contributed by atoms with van der Waals surface area (Å²) in [5, 5.41) is 2.70. The number of nitrogens with zero attached hydrogens (tertiary/aromatic N) is 2. The average molecular weight is 334 g/mol. The number of nitrogens with two attached hydrogens (primary N) is 1. The van der Waals surface area contributed by atoms with Gasteiger partial charge in [0.05, 0.1) is 0 Å². The van der Waals surface area contributed by atoms with Crippen LogP contribution in [0, 0.1) is 0 Å². The van der Waals surface area contributed by atoms with Gasteiger partial charge in [-0.1, -0.05) is 0 Å². The van der Waals surface area contributed by atoms with Gasteiger partial charge in [-0.05, 0) is 31.2 Å². The van der Waals surface area contributed by atoms with Crippen molar-refractivity contribution >= 4 is 23.4 Å². The predicted octanol–water partition coefficient (Wildman–Crippen LogP) is -0.347. The van der Waals surface area contributed by atoms with Crippen molar-refractivity contribution in [1.29, 1.82) is 0 Å². The molecule has 0 atom stereocenters. The number of nitrogens with one attached hydrogen (secondary N) is 1. The first-order valence-corrected chi connectivity index (χ1v) is 7.86. The number of anilines is 1. The minimum Gasteiger partial charge on any atom is -0.492 e. The highest BCUT2D eigenvalue weighted by molar-refractivity contribution is 6.35. The van der Waals surface area contributed by atoms with Crippen LogP contribution >= 0.6 is 0 Å². The van der Waals surface area contributed by atoms with Crippen LogP contribution in [0.5, 0.6) is 5.75 Å². The number of hydrogen-bond acceptors (Lipinski definition) is 5. The van der Waals surface area contributed by atoms with Gasteiger partial charge in [-0.25, -0.2) is 0 Å². The van der Waals surface area contributed by atoms with Gasteiger partial charge in [0.15, 0.2) is 0 Å². The number of rotatable bonds is 7. The maximum absolute atomic E-state index is 12.1. The van der Waals surface area contributed by atoms with Crippen LogP contribution in [-0.2, 0) is 14.4 Å². The van der Waals surface area contributed by atoms with Gasteiger partial charge in [0.1, 0.15) is 18.9 Å². The lowest BCUT2D eigenvalue weighted by atomic mass is 10.2. The molecular formula is C16H22N4O4. The van der Waals surface area contributed by atoms with E-state index in [4.69, 9.17) is 10.5 Å². The summed E-state index contributed by atoms with van der Waals surface area (Å²) in [5.41, 5.74) is 5.95. The van der Waals surface area contributed by atoms with Gasteiger partial charge in [-0.3, -0.25) is 14.4 Å². The van der Waals surface area contributed by atoms with Crippen molar-refractivity contribution in [3.8, 4) is 5.75 Å². The fourth-order valence-corrected chi connectivity index (χ4v) is 2.35. The Hall–Kier alpha value is -2.61. The van der Waals surface area contributed by atoms with Crippen molar-refractivity contribution in [3.05, 3.63) is 24.3 Å². The van der Waals surface area contributed by atoms with E-state index in [2.05, 4.69) is 5.32 Å². The molecule has 3 amide bonds. The lowest BCUT2D eigenvalue weighted by molar-refractivity contribution is -0.156. The SMILES string of the molecule is CCN1CCN(CC(=O)Nc2ccc(OCCN)cc2)C(=O)C1=O. The minimum atomic E-state index is -0.635. The Labute approximate surface area is 140 Å². The summed E-state index contributed by atoms with van der Waals surface area (Å²) < 4.78 is 5.35. The van der Waals surface area contributed by atoms with Gasteiger partial charge in [0.25, 0.3) is 0 Å². The van der Waals surface area contributed by atoms with E-state index in [1.807, 2.05) is 6.92 Å². The van der Waals surface area contributed by atoms with E-state index in [0.717, 1.165) is 0 Å². The number of carbonyl (C=O) groups excluding carboxylic acids is 3. The lowest BCUT2D eigenvalue weighted by Gasteiger charge is -2.32. The molecule has 0 aliphatic carbocycles. The Morgan fingerprint density at radius 1 is 1.17 bits per heavy atom. The predicted molar refractivity (Wildman–Crippen MR) is 88.5 cm³/mol. The van der Waals surface area contributed by atoms with Gasteiger partial charge in [-0.2, -0.15) is 0 Å². The molecule has 130 valence electrons. The molecule has 1 aliphatic heterocycles. The topological polar surface area (TPSA) is 105 Å². The Morgan fingerprint density at radius 2 is 1.79 bits per heavy atom. The molecule has 1 aliphatic rings. The maximum Gasteiger partial charge on any atom is 0.312 e. The van der Waals surface area contributed by atoms with Crippen molar-refractivity contribution in [2.24, 2.45) is 5.73 Å². The van der Waals surface area contributed by atoms with Gasteiger partial charge in [0.2, 0.25) is 5.91 Å². The summed E-state index contributed by atoms with van der Waals surface area (Å²) in [5.74, 6) is -0.881. The Bertz CT molecular complexity index is 603. The molecule has 8 nitrogen and oxygen atoms in total. The highest BCUT2D eigenvalue weighted by atomic mass is 16.5. The van der Waals surface area contributed by atoms with Crippen LogP contribution in [0.1, 0.15) is 6.92 Å². The number of benzene rings is 1. The number of likely N-dealkylation sites (N-methyl/N-ethyl adjacent to an activating group) is 1. The molecule has 0 saturated carbocycles. The number of piperazine rings is 1. The lowest BCUT2D eigenvalue weighted by Crippen LogP contribution is -2.55. The van der Waals surface area contributed by atoms with Gasteiger partial charge < -0.3 is 25.6 Å². The molecule has 0 bridgehead atoms. The highest BCUT2D eigenvalue weighted by Crippen LogP contribution is 2.15. The summed E-state index contributed by atoms with van der Waals surface area (Å²) in [4.78, 5) is 38.6. The summed E-state index contributed by atoms with van der Waals surface area (Å²) in [6.07, 6.45) is 0. The van der Waals surface area contributed by atoms with Crippen molar-refractivity contribution in [1.82, 2.24) is 9.80 Å². The first-order chi connectivity index (χ1) is 11.5. The molecule has 0 spiro atoms. The van der Waals surface area contributed by atoms with E-state index in [0.29, 0.717) is 44.2 Å². The largest absolute Gasteiger partial charge is 0.492 e. The summed E-state index contributed by atoms with van der Waals surface area (Å²) in [7, 11) is 0. The van der Waals surface area contributed by atoms with Crippen molar-refractivity contribution in [2.45, 2.75) is 6.92 Å². The Kier molecular flexibility index (Phi) is 6.14. The first kappa shape index (κ1) is 17.7.